The van der Waals surface area contributed by atoms with E-state index < -0.39 is 0 Å². The van der Waals surface area contributed by atoms with Gasteiger partial charge in [0.05, 0.1) is 7.11 Å². The van der Waals surface area contributed by atoms with Gasteiger partial charge in [-0.05, 0) is 31.4 Å². The van der Waals surface area contributed by atoms with Crippen molar-refractivity contribution in [3.63, 3.8) is 0 Å². The van der Waals surface area contributed by atoms with E-state index in [2.05, 4.69) is 13.0 Å². The standard InChI is InChI=1S/C15H22O2/c1-11(2)14(16)7-5-6-13-10-12(3)8-9-15(13)17-4/h8-11H,5-7H2,1-4H3. The average molecular weight is 234 g/mol. The van der Waals surface area contributed by atoms with Gasteiger partial charge in [-0.25, -0.2) is 0 Å². The first kappa shape index (κ1) is 13.8. The molecule has 2 nitrogen and oxygen atoms in total. The smallest absolute Gasteiger partial charge is 0.135 e. The van der Waals surface area contributed by atoms with Crippen LogP contribution in [0.25, 0.3) is 0 Å². The number of carbonyl (C=O) groups is 1. The molecule has 1 rings (SSSR count). The van der Waals surface area contributed by atoms with Gasteiger partial charge in [0.15, 0.2) is 0 Å². The molecule has 0 bridgehead atoms. The fourth-order valence-electron chi connectivity index (χ4n) is 1.84. The molecule has 1 aromatic carbocycles. The largest absolute Gasteiger partial charge is 0.496 e. The summed E-state index contributed by atoms with van der Waals surface area (Å²) in [5.41, 5.74) is 2.43. The Morgan fingerprint density at radius 1 is 1.35 bits per heavy atom. The number of hydrogen-bond acceptors (Lipinski definition) is 2. The highest BCUT2D eigenvalue weighted by molar-refractivity contribution is 5.80. The van der Waals surface area contributed by atoms with E-state index in [4.69, 9.17) is 4.74 Å². The maximum absolute atomic E-state index is 11.5. The molecule has 0 aromatic heterocycles. The first-order chi connectivity index (χ1) is 8.04. The van der Waals surface area contributed by atoms with Crippen LogP contribution in [0, 0.1) is 12.8 Å². The molecule has 2 heteroatoms. The molecule has 0 aliphatic carbocycles. The minimum Gasteiger partial charge on any atom is -0.496 e. The monoisotopic (exact) mass is 234 g/mol. The number of methoxy groups -OCH3 is 1. The second-order valence-electron chi connectivity index (χ2n) is 4.79. The lowest BCUT2D eigenvalue weighted by atomic mass is 10.00. The minimum atomic E-state index is 0.148. The molecule has 0 saturated heterocycles. The normalized spacial score (nSPS) is 10.6. The van der Waals surface area contributed by atoms with E-state index in [9.17, 15) is 4.79 Å². The SMILES string of the molecule is COc1ccc(C)cc1CCCC(=O)C(C)C. The van der Waals surface area contributed by atoms with E-state index in [-0.39, 0.29) is 5.92 Å². The number of ether oxygens (including phenoxy) is 1. The molecule has 0 aliphatic heterocycles. The van der Waals surface area contributed by atoms with Gasteiger partial charge in [0.2, 0.25) is 0 Å². The van der Waals surface area contributed by atoms with E-state index >= 15 is 0 Å². The Balaban J connectivity index is 2.56. The maximum atomic E-state index is 11.5. The van der Waals surface area contributed by atoms with Crippen molar-refractivity contribution >= 4 is 5.78 Å². The molecule has 0 amide bonds. The third kappa shape index (κ3) is 4.22. The van der Waals surface area contributed by atoms with E-state index in [1.165, 1.54) is 11.1 Å². The number of hydrogen-bond donors (Lipinski definition) is 0. The van der Waals surface area contributed by atoms with Crippen LogP contribution in [0.3, 0.4) is 0 Å². The van der Waals surface area contributed by atoms with Crippen molar-refractivity contribution in [3.05, 3.63) is 29.3 Å². The van der Waals surface area contributed by atoms with Crippen molar-refractivity contribution in [1.82, 2.24) is 0 Å². The Bertz CT molecular complexity index is 381. The molecule has 0 saturated carbocycles. The van der Waals surface area contributed by atoms with Crippen LogP contribution in [-0.4, -0.2) is 12.9 Å². The number of rotatable bonds is 6. The van der Waals surface area contributed by atoms with Gasteiger partial charge in [-0.15, -0.1) is 0 Å². The molecule has 17 heavy (non-hydrogen) atoms. The lowest BCUT2D eigenvalue weighted by molar-refractivity contribution is -0.121. The third-order valence-electron chi connectivity index (χ3n) is 2.95. The van der Waals surface area contributed by atoms with Gasteiger partial charge >= 0.3 is 0 Å². The van der Waals surface area contributed by atoms with Gasteiger partial charge in [0, 0.05) is 12.3 Å². The number of benzene rings is 1. The summed E-state index contributed by atoms with van der Waals surface area (Å²) < 4.78 is 5.32. The van der Waals surface area contributed by atoms with Gasteiger partial charge in [-0.2, -0.15) is 0 Å². The molecule has 0 unspecified atom stereocenters. The molecule has 0 radical (unpaired) electrons. The van der Waals surface area contributed by atoms with Gasteiger partial charge in [-0.1, -0.05) is 31.5 Å². The molecule has 0 fully saturated rings. The Morgan fingerprint density at radius 3 is 2.65 bits per heavy atom. The first-order valence-electron chi connectivity index (χ1n) is 6.21. The summed E-state index contributed by atoms with van der Waals surface area (Å²) in [4.78, 5) is 11.5. The average Bonchev–Trinajstić information content (AvgIpc) is 2.29. The van der Waals surface area contributed by atoms with Crippen LogP contribution < -0.4 is 4.74 Å². The van der Waals surface area contributed by atoms with Crippen molar-refractivity contribution in [2.24, 2.45) is 5.92 Å². The van der Waals surface area contributed by atoms with Crippen molar-refractivity contribution in [2.45, 2.75) is 40.0 Å². The molecular weight excluding hydrogens is 212 g/mol. The van der Waals surface area contributed by atoms with Crippen LogP contribution in [0.15, 0.2) is 18.2 Å². The summed E-state index contributed by atoms with van der Waals surface area (Å²) in [7, 11) is 1.69. The Morgan fingerprint density at radius 2 is 2.06 bits per heavy atom. The maximum Gasteiger partial charge on any atom is 0.135 e. The van der Waals surface area contributed by atoms with Gasteiger partial charge < -0.3 is 4.74 Å². The van der Waals surface area contributed by atoms with Crippen LogP contribution in [0.4, 0.5) is 0 Å². The van der Waals surface area contributed by atoms with E-state index in [1.54, 1.807) is 7.11 Å². The summed E-state index contributed by atoms with van der Waals surface area (Å²) >= 11 is 0. The van der Waals surface area contributed by atoms with E-state index in [0.717, 1.165) is 18.6 Å². The van der Waals surface area contributed by atoms with Crippen LogP contribution in [0.5, 0.6) is 5.75 Å². The summed E-state index contributed by atoms with van der Waals surface area (Å²) in [5, 5.41) is 0. The molecule has 94 valence electrons. The first-order valence-corrected chi connectivity index (χ1v) is 6.21. The molecule has 0 heterocycles. The van der Waals surface area contributed by atoms with Crippen molar-refractivity contribution in [1.29, 1.82) is 0 Å². The number of aryl methyl sites for hydroxylation is 2. The Labute approximate surface area is 104 Å². The predicted octanol–water partition coefficient (Wildman–Crippen LogP) is 3.55. The highest BCUT2D eigenvalue weighted by Gasteiger charge is 2.08. The summed E-state index contributed by atoms with van der Waals surface area (Å²) in [6.07, 6.45) is 2.47. The zero-order chi connectivity index (χ0) is 12.8. The van der Waals surface area contributed by atoms with Crippen LogP contribution in [0.1, 0.15) is 37.8 Å². The van der Waals surface area contributed by atoms with Crippen LogP contribution >= 0.6 is 0 Å². The zero-order valence-electron chi connectivity index (χ0n) is 11.2. The lowest BCUT2D eigenvalue weighted by Crippen LogP contribution is -2.07. The molecular formula is C15H22O2. The number of carbonyl (C=O) groups excluding carboxylic acids is 1. The number of ketones is 1. The second-order valence-corrected chi connectivity index (χ2v) is 4.79. The number of Topliss-reactive ketones (excluding diaryl/α,β-unsaturated/α-hetero) is 1. The molecule has 0 N–H and O–H groups in total. The predicted molar refractivity (Wildman–Crippen MR) is 70.5 cm³/mol. The fraction of sp³-hybridized carbons (Fsp3) is 0.533. The molecule has 0 atom stereocenters. The fourth-order valence-corrected chi connectivity index (χ4v) is 1.84. The van der Waals surface area contributed by atoms with Crippen molar-refractivity contribution in [3.8, 4) is 5.75 Å². The summed E-state index contributed by atoms with van der Waals surface area (Å²) in [6, 6.07) is 6.18. The molecule has 0 aliphatic rings. The summed E-state index contributed by atoms with van der Waals surface area (Å²) in [6.45, 7) is 5.98. The topological polar surface area (TPSA) is 26.3 Å². The third-order valence-corrected chi connectivity index (χ3v) is 2.95. The van der Waals surface area contributed by atoms with Crippen LogP contribution in [-0.2, 0) is 11.2 Å². The van der Waals surface area contributed by atoms with Gasteiger partial charge in [0.1, 0.15) is 11.5 Å². The highest BCUT2D eigenvalue weighted by Crippen LogP contribution is 2.21. The lowest BCUT2D eigenvalue weighted by Gasteiger charge is -2.09. The Hall–Kier alpha value is -1.31. The quantitative estimate of drug-likeness (QED) is 0.752. The summed E-state index contributed by atoms with van der Waals surface area (Å²) in [5.74, 6) is 1.42. The van der Waals surface area contributed by atoms with Crippen molar-refractivity contribution < 1.29 is 9.53 Å². The van der Waals surface area contributed by atoms with Gasteiger partial charge in [-0.3, -0.25) is 4.79 Å². The van der Waals surface area contributed by atoms with Crippen molar-refractivity contribution in [2.75, 3.05) is 7.11 Å². The molecule has 0 spiro atoms. The molecule has 1 aromatic rings. The van der Waals surface area contributed by atoms with E-state index in [0.29, 0.717) is 12.2 Å². The Kier molecular flexibility index (Phi) is 5.20. The van der Waals surface area contributed by atoms with E-state index in [1.807, 2.05) is 26.0 Å². The van der Waals surface area contributed by atoms with Crippen LogP contribution in [0.2, 0.25) is 0 Å². The van der Waals surface area contributed by atoms with Gasteiger partial charge in [0.25, 0.3) is 0 Å². The minimum absolute atomic E-state index is 0.148. The second kappa shape index (κ2) is 6.43. The highest BCUT2D eigenvalue weighted by atomic mass is 16.5. The zero-order valence-corrected chi connectivity index (χ0v) is 11.2.